The van der Waals surface area contributed by atoms with E-state index in [9.17, 15) is 14.4 Å². The van der Waals surface area contributed by atoms with Crippen molar-refractivity contribution in [2.24, 2.45) is 0 Å². The molecule has 3 aromatic rings. The molecule has 0 radical (unpaired) electrons. The van der Waals surface area contributed by atoms with Crippen LogP contribution in [0.2, 0.25) is 10.0 Å². The van der Waals surface area contributed by atoms with Crippen LogP contribution in [0.25, 0.3) is 5.69 Å². The van der Waals surface area contributed by atoms with Crippen molar-refractivity contribution in [2.45, 2.75) is 33.2 Å². The zero-order valence-electron chi connectivity index (χ0n) is 17.1. The summed E-state index contributed by atoms with van der Waals surface area (Å²) in [7, 11) is 0. The quantitative estimate of drug-likeness (QED) is 0.389. The Morgan fingerprint density at radius 1 is 0.935 bits per heavy atom. The number of hydrogen-bond donors (Lipinski definition) is 0. The molecular weight excluding hydrogens is 435 g/mol. The molecule has 0 saturated carbocycles. The number of hydrogen-bond acceptors (Lipinski definition) is 3. The average molecular weight is 455 g/mol. The lowest BCUT2D eigenvalue weighted by Crippen LogP contribution is -2.30. The number of nitrogens with zero attached hydrogens (tertiary/aromatic N) is 2. The number of carbonyl (C=O) groups is 3. The van der Waals surface area contributed by atoms with Gasteiger partial charge in [0, 0.05) is 40.4 Å². The van der Waals surface area contributed by atoms with E-state index in [1.807, 2.05) is 24.5 Å². The summed E-state index contributed by atoms with van der Waals surface area (Å²) in [6.07, 6.45) is 0.462. The van der Waals surface area contributed by atoms with Crippen molar-refractivity contribution in [1.29, 1.82) is 0 Å². The molecule has 1 aromatic heterocycles. The molecule has 1 fully saturated rings. The first-order valence-corrected chi connectivity index (χ1v) is 10.6. The van der Waals surface area contributed by atoms with Gasteiger partial charge in [-0.15, -0.1) is 0 Å². The highest BCUT2D eigenvalue weighted by Gasteiger charge is 2.31. The van der Waals surface area contributed by atoms with Crippen molar-refractivity contribution in [3.05, 3.63) is 86.7 Å². The molecule has 158 valence electrons. The topological polar surface area (TPSA) is 59.4 Å². The van der Waals surface area contributed by atoms with Gasteiger partial charge in [-0.3, -0.25) is 19.3 Å². The van der Waals surface area contributed by atoms with Crippen LogP contribution in [0.1, 0.15) is 45.7 Å². The third kappa shape index (κ3) is 3.91. The zero-order chi connectivity index (χ0) is 22.3. The van der Waals surface area contributed by atoms with Gasteiger partial charge in [-0.05, 0) is 55.8 Å². The van der Waals surface area contributed by atoms with Crippen LogP contribution in [-0.4, -0.2) is 27.1 Å². The molecule has 0 unspecified atom stereocenters. The average Bonchev–Trinajstić information content (AvgIpc) is 3.20. The number of carbonyl (C=O) groups excluding carboxylic acids is 3. The summed E-state index contributed by atoms with van der Waals surface area (Å²) in [6, 6.07) is 13.9. The van der Waals surface area contributed by atoms with Crippen molar-refractivity contribution >= 4 is 40.8 Å². The molecule has 4 rings (SSSR count). The van der Waals surface area contributed by atoms with Gasteiger partial charge < -0.3 is 4.57 Å². The Kier molecular flexibility index (Phi) is 5.73. The van der Waals surface area contributed by atoms with Crippen LogP contribution < -0.4 is 0 Å². The van der Waals surface area contributed by atoms with E-state index < -0.39 is 0 Å². The summed E-state index contributed by atoms with van der Waals surface area (Å²) in [5.41, 5.74) is 3.96. The molecule has 0 spiro atoms. The summed E-state index contributed by atoms with van der Waals surface area (Å²) >= 11 is 12.5. The van der Waals surface area contributed by atoms with Gasteiger partial charge in [0.1, 0.15) is 0 Å². The van der Waals surface area contributed by atoms with Crippen molar-refractivity contribution in [1.82, 2.24) is 9.47 Å². The summed E-state index contributed by atoms with van der Waals surface area (Å²) in [4.78, 5) is 39.1. The number of ketones is 1. The second-order valence-corrected chi connectivity index (χ2v) is 8.44. The van der Waals surface area contributed by atoms with Crippen LogP contribution in [0, 0.1) is 13.8 Å². The first kappa shape index (κ1) is 21.3. The molecule has 0 bridgehead atoms. The lowest BCUT2D eigenvalue weighted by atomic mass is 10.0. The minimum absolute atomic E-state index is 0.152. The SMILES string of the molecule is Cc1cc(C)n(-c2ccc(Cl)cc2C(=O)c2ccccc2Cl)c1CN1C(=O)CCC1=O. The fourth-order valence-electron chi connectivity index (χ4n) is 4.01. The highest BCUT2D eigenvalue weighted by Crippen LogP contribution is 2.30. The number of benzene rings is 2. The van der Waals surface area contributed by atoms with Crippen molar-refractivity contribution in [2.75, 3.05) is 0 Å². The lowest BCUT2D eigenvalue weighted by Gasteiger charge is -2.20. The summed E-state index contributed by atoms with van der Waals surface area (Å²) < 4.78 is 1.91. The fourth-order valence-corrected chi connectivity index (χ4v) is 4.40. The minimum atomic E-state index is -0.256. The predicted molar refractivity (Wildman–Crippen MR) is 120 cm³/mol. The highest BCUT2D eigenvalue weighted by atomic mass is 35.5. The van der Waals surface area contributed by atoms with Crippen LogP contribution in [0.3, 0.4) is 0 Å². The summed E-state index contributed by atoms with van der Waals surface area (Å²) in [5, 5.41) is 0.777. The van der Waals surface area contributed by atoms with E-state index in [4.69, 9.17) is 23.2 Å². The predicted octanol–water partition coefficient (Wildman–Crippen LogP) is 5.28. The monoisotopic (exact) mass is 454 g/mol. The minimum Gasteiger partial charge on any atom is -0.315 e. The van der Waals surface area contributed by atoms with E-state index in [0.29, 0.717) is 26.9 Å². The zero-order valence-corrected chi connectivity index (χ0v) is 18.6. The number of rotatable bonds is 5. The molecule has 7 heteroatoms. The number of aromatic nitrogens is 1. The molecule has 1 saturated heterocycles. The Balaban J connectivity index is 1.86. The van der Waals surface area contributed by atoms with Crippen LogP contribution in [0.5, 0.6) is 0 Å². The number of likely N-dealkylation sites (tertiary alicyclic amines) is 1. The van der Waals surface area contributed by atoms with E-state index in [1.165, 1.54) is 4.90 Å². The standard InChI is InChI=1S/C24H20Cl2N2O3/c1-14-11-15(2)28(21(14)13-27-22(29)9-10-23(27)30)20-8-7-16(25)12-18(20)24(31)17-5-3-4-6-19(17)26/h3-8,11-12H,9-10,13H2,1-2H3. The maximum absolute atomic E-state index is 13.4. The normalized spacial score (nSPS) is 13.9. The smallest absolute Gasteiger partial charge is 0.230 e. The third-order valence-electron chi connectivity index (χ3n) is 5.53. The Morgan fingerprint density at radius 2 is 1.61 bits per heavy atom. The van der Waals surface area contributed by atoms with Gasteiger partial charge in [0.2, 0.25) is 11.8 Å². The number of aryl methyl sites for hydroxylation is 2. The second kappa shape index (κ2) is 8.33. The number of halogens is 2. The molecule has 2 aromatic carbocycles. The van der Waals surface area contributed by atoms with Gasteiger partial charge in [0.05, 0.1) is 17.3 Å². The summed E-state index contributed by atoms with van der Waals surface area (Å²) in [6.45, 7) is 4.00. The van der Waals surface area contributed by atoms with E-state index in [0.717, 1.165) is 17.0 Å². The van der Waals surface area contributed by atoms with Crippen LogP contribution in [-0.2, 0) is 16.1 Å². The maximum Gasteiger partial charge on any atom is 0.230 e. The molecule has 0 aliphatic carbocycles. The third-order valence-corrected chi connectivity index (χ3v) is 6.09. The van der Waals surface area contributed by atoms with E-state index in [2.05, 4.69) is 0 Å². The largest absolute Gasteiger partial charge is 0.315 e. The molecular formula is C24H20Cl2N2O3. The Hall–Kier alpha value is -2.89. The van der Waals surface area contributed by atoms with Gasteiger partial charge in [-0.25, -0.2) is 0 Å². The summed E-state index contributed by atoms with van der Waals surface area (Å²) in [5.74, 6) is -0.621. The Bertz CT molecular complexity index is 1210. The van der Waals surface area contributed by atoms with Gasteiger partial charge >= 0.3 is 0 Å². The fraction of sp³-hybridized carbons (Fsp3) is 0.208. The van der Waals surface area contributed by atoms with Gasteiger partial charge in [0.25, 0.3) is 0 Å². The Labute approximate surface area is 190 Å². The van der Waals surface area contributed by atoms with Crippen LogP contribution in [0.4, 0.5) is 0 Å². The highest BCUT2D eigenvalue weighted by molar-refractivity contribution is 6.35. The van der Waals surface area contributed by atoms with Crippen molar-refractivity contribution in [3.63, 3.8) is 0 Å². The first-order valence-electron chi connectivity index (χ1n) is 9.88. The molecule has 1 aliphatic heterocycles. The van der Waals surface area contributed by atoms with Gasteiger partial charge in [0.15, 0.2) is 5.78 Å². The molecule has 31 heavy (non-hydrogen) atoms. The molecule has 0 N–H and O–H groups in total. The number of amides is 2. The molecule has 1 aliphatic rings. The maximum atomic E-state index is 13.4. The van der Waals surface area contributed by atoms with Crippen molar-refractivity contribution in [3.8, 4) is 5.69 Å². The Morgan fingerprint density at radius 3 is 2.29 bits per heavy atom. The lowest BCUT2D eigenvalue weighted by molar-refractivity contribution is -0.139. The van der Waals surface area contributed by atoms with Crippen LogP contribution >= 0.6 is 23.2 Å². The van der Waals surface area contributed by atoms with Crippen LogP contribution in [0.15, 0.2) is 48.5 Å². The molecule has 0 atom stereocenters. The van der Waals surface area contributed by atoms with E-state index in [-0.39, 0.29) is 37.0 Å². The van der Waals surface area contributed by atoms with Gasteiger partial charge in [-0.1, -0.05) is 35.3 Å². The molecule has 5 nitrogen and oxygen atoms in total. The first-order chi connectivity index (χ1) is 14.8. The molecule has 2 amide bonds. The second-order valence-electron chi connectivity index (χ2n) is 7.59. The molecule has 2 heterocycles. The van der Waals surface area contributed by atoms with Crippen molar-refractivity contribution < 1.29 is 14.4 Å². The number of imide groups is 1. The van der Waals surface area contributed by atoms with Gasteiger partial charge in [-0.2, -0.15) is 0 Å². The van der Waals surface area contributed by atoms with E-state index in [1.54, 1.807) is 42.5 Å². The van der Waals surface area contributed by atoms with E-state index >= 15 is 0 Å².